The predicted octanol–water partition coefficient (Wildman–Crippen LogP) is 4.32. The van der Waals surface area contributed by atoms with E-state index < -0.39 is 0 Å². The van der Waals surface area contributed by atoms with E-state index in [1.54, 1.807) is 15.3 Å². The van der Waals surface area contributed by atoms with E-state index >= 15 is 0 Å². The first-order valence-corrected chi connectivity index (χ1v) is 11.5. The molecule has 5 aromatic rings. The maximum absolute atomic E-state index is 12.7. The lowest BCUT2D eigenvalue weighted by Gasteiger charge is -2.24. The fourth-order valence-electron chi connectivity index (χ4n) is 4.42. The molecule has 1 N–H and O–H groups in total. The van der Waals surface area contributed by atoms with Crippen molar-refractivity contribution in [1.29, 1.82) is 0 Å². The van der Waals surface area contributed by atoms with Gasteiger partial charge in [0.1, 0.15) is 24.5 Å². The standard InChI is InChI=1S/C25H20ClN7O2/c1-15-24-20(17-5-7-19(8-6-17)35-13-16-3-2-4-18(26)11-16)12-23(34)28-25(24)33(30-15)22-10-9-21-29-27-14-32(21)31-22/h2-11,14,20H,12-13H2,1H3,(H,28,34)/t20-/m1/s1. The monoisotopic (exact) mass is 485 g/mol. The van der Waals surface area contributed by atoms with Crippen LogP contribution in [0.25, 0.3) is 11.5 Å². The second kappa shape index (κ2) is 8.52. The van der Waals surface area contributed by atoms with E-state index in [1.807, 2.05) is 61.5 Å². The van der Waals surface area contributed by atoms with Crippen molar-refractivity contribution in [3.63, 3.8) is 0 Å². The molecular weight excluding hydrogens is 466 g/mol. The highest BCUT2D eigenvalue weighted by molar-refractivity contribution is 6.30. The van der Waals surface area contributed by atoms with Gasteiger partial charge in [-0.15, -0.1) is 15.3 Å². The number of aryl methyl sites for hydroxylation is 1. The van der Waals surface area contributed by atoms with E-state index in [1.165, 1.54) is 6.33 Å². The van der Waals surface area contributed by atoms with Gasteiger partial charge in [0.25, 0.3) is 0 Å². The van der Waals surface area contributed by atoms with Crippen molar-refractivity contribution in [2.75, 3.05) is 5.32 Å². The van der Waals surface area contributed by atoms with E-state index in [-0.39, 0.29) is 11.8 Å². The van der Waals surface area contributed by atoms with Crippen molar-refractivity contribution in [2.24, 2.45) is 0 Å². The highest BCUT2D eigenvalue weighted by Crippen LogP contribution is 2.40. The zero-order valence-corrected chi connectivity index (χ0v) is 19.5. The van der Waals surface area contributed by atoms with Crippen LogP contribution in [-0.4, -0.2) is 35.5 Å². The van der Waals surface area contributed by atoms with Crippen LogP contribution < -0.4 is 10.1 Å². The molecule has 3 aromatic heterocycles. The zero-order valence-electron chi connectivity index (χ0n) is 18.7. The number of amides is 1. The number of hydrogen-bond acceptors (Lipinski definition) is 6. The van der Waals surface area contributed by atoms with Gasteiger partial charge in [-0.1, -0.05) is 35.9 Å². The molecule has 1 aliphatic heterocycles. The molecule has 0 saturated heterocycles. The normalized spacial score (nSPS) is 15.1. The third-order valence-corrected chi connectivity index (χ3v) is 6.28. The van der Waals surface area contributed by atoms with Gasteiger partial charge >= 0.3 is 0 Å². The van der Waals surface area contributed by atoms with E-state index in [9.17, 15) is 4.79 Å². The Labute approximate surface area is 205 Å². The summed E-state index contributed by atoms with van der Waals surface area (Å²) >= 11 is 6.05. The van der Waals surface area contributed by atoms with Crippen molar-refractivity contribution >= 4 is 29.0 Å². The summed E-state index contributed by atoms with van der Waals surface area (Å²) in [7, 11) is 0. The fourth-order valence-corrected chi connectivity index (χ4v) is 4.63. The summed E-state index contributed by atoms with van der Waals surface area (Å²) in [6.45, 7) is 2.37. The Kier molecular flexibility index (Phi) is 5.18. The third kappa shape index (κ3) is 4.00. The first-order valence-electron chi connectivity index (χ1n) is 11.1. The number of carbonyl (C=O) groups excluding carboxylic acids is 1. The SMILES string of the molecule is Cc1nn(-c2ccc3nncn3n2)c2c1[C@@H](c1ccc(OCc3cccc(Cl)c3)cc1)CC(=O)N2. The van der Waals surface area contributed by atoms with Gasteiger partial charge in [-0.25, -0.2) is 0 Å². The highest BCUT2D eigenvalue weighted by Gasteiger charge is 2.33. The molecular formula is C25H20ClN7O2. The number of nitrogens with zero attached hydrogens (tertiary/aromatic N) is 6. The maximum Gasteiger partial charge on any atom is 0.226 e. The predicted molar refractivity (Wildman–Crippen MR) is 130 cm³/mol. The summed E-state index contributed by atoms with van der Waals surface area (Å²) in [5, 5.41) is 20.8. The Morgan fingerprint density at radius 3 is 2.80 bits per heavy atom. The van der Waals surface area contributed by atoms with Crippen LogP contribution in [0.3, 0.4) is 0 Å². The third-order valence-electron chi connectivity index (χ3n) is 6.04. The van der Waals surface area contributed by atoms with Crippen LogP contribution >= 0.6 is 11.6 Å². The Bertz CT molecular complexity index is 1560. The average molecular weight is 486 g/mol. The quantitative estimate of drug-likeness (QED) is 0.398. The van der Waals surface area contributed by atoms with E-state index in [4.69, 9.17) is 21.4 Å². The lowest BCUT2D eigenvalue weighted by atomic mass is 9.86. The Balaban J connectivity index is 1.29. The first kappa shape index (κ1) is 21.3. The summed E-state index contributed by atoms with van der Waals surface area (Å²) in [6.07, 6.45) is 1.86. The number of rotatable bonds is 5. The molecule has 1 amide bonds. The second-order valence-electron chi connectivity index (χ2n) is 8.38. The number of ether oxygens (including phenoxy) is 1. The molecule has 0 fully saturated rings. The van der Waals surface area contributed by atoms with Crippen LogP contribution in [0.5, 0.6) is 5.75 Å². The van der Waals surface area contributed by atoms with Crippen LogP contribution in [0.1, 0.15) is 34.7 Å². The number of anilines is 1. The number of halogens is 1. The second-order valence-corrected chi connectivity index (χ2v) is 8.81. The maximum atomic E-state index is 12.7. The van der Waals surface area contributed by atoms with E-state index in [0.29, 0.717) is 35.3 Å². The topological polar surface area (TPSA) is 99.2 Å². The van der Waals surface area contributed by atoms with Gasteiger partial charge in [-0.05, 0) is 54.4 Å². The molecule has 9 nitrogen and oxygen atoms in total. The number of benzene rings is 2. The molecule has 0 aliphatic carbocycles. The number of nitrogens with one attached hydrogen (secondary N) is 1. The zero-order chi connectivity index (χ0) is 23.9. The molecule has 1 aliphatic rings. The van der Waals surface area contributed by atoms with Crippen molar-refractivity contribution in [1.82, 2.24) is 29.6 Å². The molecule has 10 heteroatoms. The number of carbonyl (C=O) groups is 1. The van der Waals surface area contributed by atoms with Gasteiger partial charge in [0, 0.05) is 22.9 Å². The summed E-state index contributed by atoms with van der Waals surface area (Å²) in [5.74, 6) is 1.73. The lowest BCUT2D eigenvalue weighted by molar-refractivity contribution is -0.116. The van der Waals surface area contributed by atoms with Crippen molar-refractivity contribution < 1.29 is 9.53 Å². The number of hydrogen-bond donors (Lipinski definition) is 1. The molecule has 0 bridgehead atoms. The van der Waals surface area contributed by atoms with Crippen LogP contribution in [0.2, 0.25) is 5.02 Å². The summed E-state index contributed by atoms with van der Waals surface area (Å²) in [4.78, 5) is 12.7. The van der Waals surface area contributed by atoms with Gasteiger partial charge in [-0.2, -0.15) is 14.3 Å². The molecule has 4 heterocycles. The Morgan fingerprint density at radius 1 is 1.11 bits per heavy atom. The molecule has 35 heavy (non-hydrogen) atoms. The molecule has 0 saturated carbocycles. The largest absolute Gasteiger partial charge is 0.489 e. The summed E-state index contributed by atoms with van der Waals surface area (Å²) in [5.41, 5.74) is 4.45. The number of aromatic nitrogens is 6. The van der Waals surface area contributed by atoms with E-state index in [2.05, 4.69) is 20.6 Å². The van der Waals surface area contributed by atoms with Gasteiger partial charge in [-0.3, -0.25) is 4.79 Å². The molecule has 0 spiro atoms. The smallest absolute Gasteiger partial charge is 0.226 e. The van der Waals surface area contributed by atoms with Crippen LogP contribution in [-0.2, 0) is 11.4 Å². The first-order chi connectivity index (χ1) is 17.0. The minimum absolute atomic E-state index is 0.0738. The van der Waals surface area contributed by atoms with Crippen molar-refractivity contribution in [2.45, 2.75) is 25.9 Å². The molecule has 0 unspecified atom stereocenters. The van der Waals surface area contributed by atoms with E-state index in [0.717, 1.165) is 28.1 Å². The minimum Gasteiger partial charge on any atom is -0.489 e. The molecule has 174 valence electrons. The summed E-state index contributed by atoms with van der Waals surface area (Å²) in [6, 6.07) is 19.0. The fraction of sp³-hybridized carbons (Fsp3) is 0.160. The van der Waals surface area contributed by atoms with Gasteiger partial charge in [0.15, 0.2) is 11.5 Å². The van der Waals surface area contributed by atoms with Crippen LogP contribution in [0.15, 0.2) is 67.0 Å². The van der Waals surface area contributed by atoms with Crippen molar-refractivity contribution in [3.05, 3.63) is 94.4 Å². The highest BCUT2D eigenvalue weighted by atomic mass is 35.5. The molecule has 0 radical (unpaired) electrons. The molecule has 6 rings (SSSR count). The lowest BCUT2D eigenvalue weighted by Crippen LogP contribution is -2.25. The van der Waals surface area contributed by atoms with Crippen molar-refractivity contribution in [3.8, 4) is 11.6 Å². The number of fused-ring (bicyclic) bond motifs is 2. The van der Waals surface area contributed by atoms with Gasteiger partial charge in [0.2, 0.25) is 5.91 Å². The summed E-state index contributed by atoms with van der Waals surface area (Å²) < 4.78 is 9.15. The van der Waals surface area contributed by atoms with Gasteiger partial charge < -0.3 is 10.1 Å². The average Bonchev–Trinajstić information content (AvgIpc) is 3.46. The Morgan fingerprint density at radius 2 is 1.97 bits per heavy atom. The molecule has 2 aromatic carbocycles. The van der Waals surface area contributed by atoms with Crippen LogP contribution in [0, 0.1) is 6.92 Å². The molecule has 1 atom stereocenters. The van der Waals surface area contributed by atoms with Gasteiger partial charge in [0.05, 0.1) is 5.69 Å². The Hall–Kier alpha value is -4.24. The minimum atomic E-state index is -0.131. The van der Waals surface area contributed by atoms with Crippen LogP contribution in [0.4, 0.5) is 5.82 Å².